The van der Waals surface area contributed by atoms with Crippen LogP contribution in [0, 0.1) is 0 Å². The smallest absolute Gasteiger partial charge is 0.325 e. The standard InChI is InChI=1S/C15H24N4O3/c1-10(12(20)17-11-5-4-8-16-9-11)19-13(21)15(18-14(19)22)6-2-3-7-15/h10-11,16H,2-9H2,1H3,(H,17,20)(H,18,22)/t10?,11-/m0/s1. The minimum Gasteiger partial charge on any atom is -0.350 e. The highest BCUT2D eigenvalue weighted by Gasteiger charge is 2.54. The molecule has 1 aliphatic carbocycles. The largest absolute Gasteiger partial charge is 0.350 e. The van der Waals surface area contributed by atoms with E-state index in [2.05, 4.69) is 16.0 Å². The number of imide groups is 1. The van der Waals surface area contributed by atoms with Gasteiger partial charge in [-0.05, 0) is 39.2 Å². The van der Waals surface area contributed by atoms with Crippen LogP contribution in [0.4, 0.5) is 4.79 Å². The Morgan fingerprint density at radius 3 is 2.68 bits per heavy atom. The number of hydrogen-bond acceptors (Lipinski definition) is 4. The van der Waals surface area contributed by atoms with Gasteiger partial charge < -0.3 is 16.0 Å². The Balaban J connectivity index is 1.65. The van der Waals surface area contributed by atoms with Crippen LogP contribution in [-0.2, 0) is 9.59 Å². The van der Waals surface area contributed by atoms with Gasteiger partial charge >= 0.3 is 6.03 Å². The van der Waals surface area contributed by atoms with Gasteiger partial charge in [-0.2, -0.15) is 0 Å². The lowest BCUT2D eigenvalue weighted by molar-refractivity contribution is -0.138. The molecule has 3 N–H and O–H groups in total. The van der Waals surface area contributed by atoms with Gasteiger partial charge in [0, 0.05) is 12.6 Å². The SMILES string of the molecule is CC(C(=O)N[C@H]1CCCNC1)N1C(=O)NC2(CCCC2)C1=O. The first-order chi connectivity index (χ1) is 10.5. The lowest BCUT2D eigenvalue weighted by Gasteiger charge is -2.28. The van der Waals surface area contributed by atoms with Gasteiger partial charge in [0.1, 0.15) is 11.6 Å². The molecule has 1 unspecified atom stereocenters. The van der Waals surface area contributed by atoms with Crippen LogP contribution < -0.4 is 16.0 Å². The second-order valence-corrected chi connectivity index (χ2v) is 6.62. The molecule has 2 aliphatic heterocycles. The van der Waals surface area contributed by atoms with Crippen LogP contribution in [0.25, 0.3) is 0 Å². The van der Waals surface area contributed by atoms with E-state index in [1.54, 1.807) is 6.92 Å². The van der Waals surface area contributed by atoms with Gasteiger partial charge in [0.05, 0.1) is 0 Å². The Labute approximate surface area is 130 Å². The molecule has 0 aromatic carbocycles. The molecule has 0 radical (unpaired) electrons. The maximum absolute atomic E-state index is 12.6. The zero-order valence-corrected chi connectivity index (χ0v) is 13.0. The molecule has 122 valence electrons. The average molecular weight is 308 g/mol. The summed E-state index contributed by atoms with van der Waals surface area (Å²) in [6, 6.07) is -1.13. The summed E-state index contributed by atoms with van der Waals surface area (Å²) in [4.78, 5) is 38.3. The van der Waals surface area contributed by atoms with E-state index in [0.717, 1.165) is 43.7 Å². The fourth-order valence-corrected chi connectivity index (χ4v) is 3.72. The van der Waals surface area contributed by atoms with Crippen LogP contribution in [0.1, 0.15) is 45.4 Å². The van der Waals surface area contributed by atoms with Crippen molar-refractivity contribution >= 4 is 17.8 Å². The Bertz CT molecular complexity index is 481. The van der Waals surface area contributed by atoms with Crippen molar-refractivity contribution in [3.8, 4) is 0 Å². The summed E-state index contributed by atoms with van der Waals surface area (Å²) in [5.41, 5.74) is -0.752. The number of nitrogens with one attached hydrogen (secondary N) is 3. The highest BCUT2D eigenvalue weighted by molar-refractivity contribution is 6.09. The summed E-state index contributed by atoms with van der Waals surface area (Å²) in [5.74, 6) is -0.494. The molecule has 4 amide bonds. The molecule has 22 heavy (non-hydrogen) atoms. The molecular weight excluding hydrogens is 284 g/mol. The topological polar surface area (TPSA) is 90.5 Å². The van der Waals surface area contributed by atoms with E-state index in [-0.39, 0.29) is 17.9 Å². The van der Waals surface area contributed by atoms with Crippen LogP contribution in [0.2, 0.25) is 0 Å². The lowest BCUT2D eigenvalue weighted by Crippen LogP contribution is -2.54. The van der Waals surface area contributed by atoms with Gasteiger partial charge in [0.15, 0.2) is 0 Å². The number of nitrogens with zero attached hydrogens (tertiary/aromatic N) is 1. The van der Waals surface area contributed by atoms with Crippen LogP contribution in [0.3, 0.4) is 0 Å². The van der Waals surface area contributed by atoms with Crippen molar-refractivity contribution in [2.45, 2.75) is 63.1 Å². The van der Waals surface area contributed by atoms with Gasteiger partial charge in [-0.3, -0.25) is 9.59 Å². The predicted molar refractivity (Wildman–Crippen MR) is 80.1 cm³/mol. The summed E-state index contributed by atoms with van der Waals surface area (Å²) in [7, 11) is 0. The van der Waals surface area contributed by atoms with Gasteiger partial charge in [-0.1, -0.05) is 12.8 Å². The highest BCUT2D eigenvalue weighted by Crippen LogP contribution is 2.35. The number of piperidine rings is 1. The lowest BCUT2D eigenvalue weighted by atomic mass is 9.97. The molecule has 1 spiro atoms. The number of rotatable bonds is 3. The van der Waals surface area contributed by atoms with Crippen LogP contribution in [-0.4, -0.2) is 53.5 Å². The first-order valence-electron chi connectivity index (χ1n) is 8.20. The van der Waals surface area contributed by atoms with E-state index in [1.165, 1.54) is 0 Å². The molecule has 0 aromatic rings. The van der Waals surface area contributed by atoms with Crippen LogP contribution in [0.5, 0.6) is 0 Å². The molecule has 3 aliphatic rings. The molecule has 7 heteroatoms. The average Bonchev–Trinajstić information content (AvgIpc) is 3.06. The molecule has 3 fully saturated rings. The molecule has 1 saturated carbocycles. The molecule has 2 atom stereocenters. The Hall–Kier alpha value is -1.63. The maximum Gasteiger partial charge on any atom is 0.325 e. The zero-order chi connectivity index (χ0) is 15.7. The van der Waals surface area contributed by atoms with Crippen molar-refractivity contribution in [1.29, 1.82) is 0 Å². The van der Waals surface area contributed by atoms with Crippen molar-refractivity contribution in [3.63, 3.8) is 0 Å². The van der Waals surface area contributed by atoms with Crippen LogP contribution >= 0.6 is 0 Å². The first-order valence-corrected chi connectivity index (χ1v) is 8.20. The second kappa shape index (κ2) is 5.87. The molecular formula is C15H24N4O3. The summed E-state index contributed by atoms with van der Waals surface area (Å²) in [6.45, 7) is 3.33. The van der Waals surface area contributed by atoms with E-state index >= 15 is 0 Å². The summed E-state index contributed by atoms with van der Waals surface area (Å²) in [6.07, 6.45) is 5.17. The number of urea groups is 1. The van der Waals surface area contributed by atoms with Crippen molar-refractivity contribution in [1.82, 2.24) is 20.9 Å². The van der Waals surface area contributed by atoms with Crippen molar-refractivity contribution in [2.24, 2.45) is 0 Å². The van der Waals surface area contributed by atoms with Gasteiger partial charge in [0.2, 0.25) is 5.91 Å². The monoisotopic (exact) mass is 308 g/mol. The van der Waals surface area contributed by atoms with E-state index in [0.29, 0.717) is 12.8 Å². The summed E-state index contributed by atoms with van der Waals surface area (Å²) < 4.78 is 0. The molecule has 3 rings (SSSR count). The van der Waals surface area contributed by atoms with Gasteiger partial charge in [-0.15, -0.1) is 0 Å². The number of carbonyl (C=O) groups excluding carboxylic acids is 3. The second-order valence-electron chi connectivity index (χ2n) is 6.62. The third-order valence-electron chi connectivity index (χ3n) is 5.06. The first kappa shape index (κ1) is 15.3. The maximum atomic E-state index is 12.6. The van der Waals surface area contributed by atoms with E-state index in [4.69, 9.17) is 0 Å². The molecule has 0 aromatic heterocycles. The van der Waals surface area contributed by atoms with Crippen molar-refractivity contribution in [3.05, 3.63) is 0 Å². The molecule has 2 heterocycles. The normalized spacial score (nSPS) is 28.8. The minimum atomic E-state index is -0.769. The van der Waals surface area contributed by atoms with E-state index < -0.39 is 17.6 Å². The highest BCUT2D eigenvalue weighted by atomic mass is 16.2. The summed E-state index contributed by atoms with van der Waals surface area (Å²) in [5, 5.41) is 8.99. The fraction of sp³-hybridized carbons (Fsp3) is 0.800. The Morgan fingerprint density at radius 1 is 1.32 bits per heavy atom. The predicted octanol–water partition coefficient (Wildman–Crippen LogP) is 0.108. The summed E-state index contributed by atoms with van der Waals surface area (Å²) >= 11 is 0. The third-order valence-corrected chi connectivity index (χ3v) is 5.06. The number of hydrogen-bond donors (Lipinski definition) is 3. The third kappa shape index (κ3) is 2.58. The quantitative estimate of drug-likeness (QED) is 0.645. The Morgan fingerprint density at radius 2 is 2.05 bits per heavy atom. The van der Waals surface area contributed by atoms with E-state index in [9.17, 15) is 14.4 Å². The number of carbonyl (C=O) groups is 3. The Kier molecular flexibility index (Phi) is 4.08. The minimum absolute atomic E-state index is 0.0740. The molecule has 7 nitrogen and oxygen atoms in total. The van der Waals surface area contributed by atoms with Crippen LogP contribution in [0.15, 0.2) is 0 Å². The van der Waals surface area contributed by atoms with Gasteiger partial charge in [-0.25, -0.2) is 9.69 Å². The zero-order valence-electron chi connectivity index (χ0n) is 13.0. The number of amides is 4. The molecule has 2 saturated heterocycles. The molecule has 0 bridgehead atoms. The fourth-order valence-electron chi connectivity index (χ4n) is 3.72. The van der Waals surface area contributed by atoms with Crippen molar-refractivity contribution < 1.29 is 14.4 Å². The van der Waals surface area contributed by atoms with Crippen molar-refractivity contribution in [2.75, 3.05) is 13.1 Å². The van der Waals surface area contributed by atoms with Gasteiger partial charge in [0.25, 0.3) is 5.91 Å². The van der Waals surface area contributed by atoms with E-state index in [1.807, 2.05) is 0 Å².